The summed E-state index contributed by atoms with van der Waals surface area (Å²) in [4.78, 5) is 25.6. The van der Waals surface area contributed by atoms with Crippen molar-refractivity contribution in [1.82, 2.24) is 19.9 Å². The zero-order valence-electron chi connectivity index (χ0n) is 15.7. The number of hydrogen-bond donors (Lipinski definition) is 3. The number of rotatable bonds is 5. The first-order chi connectivity index (χ1) is 13.7. The lowest BCUT2D eigenvalue weighted by Crippen LogP contribution is -2.57. The van der Waals surface area contributed by atoms with Crippen molar-refractivity contribution in [2.75, 3.05) is 13.1 Å². The van der Waals surface area contributed by atoms with Gasteiger partial charge >= 0.3 is 12.7 Å². The van der Waals surface area contributed by atoms with E-state index in [-0.39, 0.29) is 48.4 Å². The molecule has 11 nitrogen and oxygen atoms in total. The fraction of sp³-hybridized carbons (Fsp3) is 0.412. The molecule has 1 fully saturated rings. The predicted molar refractivity (Wildman–Crippen MR) is 98.5 cm³/mol. The van der Waals surface area contributed by atoms with Gasteiger partial charge in [0, 0.05) is 6.20 Å². The first-order valence-corrected chi connectivity index (χ1v) is 9.21. The average Bonchev–Trinajstić information content (AvgIpc) is 3.00. The Hall–Kier alpha value is -3.12. The molecule has 1 aromatic carbocycles. The van der Waals surface area contributed by atoms with Gasteiger partial charge in [0.25, 0.3) is 0 Å². The van der Waals surface area contributed by atoms with Crippen molar-refractivity contribution >= 4 is 18.6 Å². The minimum atomic E-state index is -3.10. The van der Waals surface area contributed by atoms with Crippen LogP contribution in [0.25, 0.3) is 0 Å². The number of benzene rings is 1. The molecule has 2 aliphatic rings. The molecule has 2 aliphatic heterocycles. The van der Waals surface area contributed by atoms with Crippen LogP contribution in [0.15, 0.2) is 18.3 Å². The minimum Gasteiger partial charge on any atom is -0.669 e. The fourth-order valence-electron chi connectivity index (χ4n) is 3.44. The predicted octanol–water partition coefficient (Wildman–Crippen LogP) is -0.567. The zero-order chi connectivity index (χ0) is 20.8. The van der Waals surface area contributed by atoms with Crippen LogP contribution >= 0.6 is 0 Å². The van der Waals surface area contributed by atoms with E-state index in [9.17, 15) is 24.7 Å². The summed E-state index contributed by atoms with van der Waals surface area (Å²) in [6.45, 7) is -0.643. The Kier molecular flexibility index (Phi) is 4.67. The number of carbonyl (C=O) groups excluding carboxylic acids is 1. The number of carboxylic acid groups (broad SMARTS) is 1. The lowest BCUT2D eigenvalue weighted by molar-refractivity contribution is -0.140. The topological polar surface area (TPSA) is 147 Å². The molecule has 0 radical (unpaired) electrons. The molecular formula is C17H20BN4O7-. The molecule has 1 aromatic heterocycles. The summed E-state index contributed by atoms with van der Waals surface area (Å²) in [5.41, 5.74) is 1.04. The van der Waals surface area contributed by atoms with Gasteiger partial charge in [0.05, 0.1) is 24.5 Å². The van der Waals surface area contributed by atoms with E-state index in [0.717, 1.165) is 5.69 Å². The number of hydrogen-bond acceptors (Lipinski definition) is 8. The van der Waals surface area contributed by atoms with Crippen LogP contribution in [0.4, 0.5) is 0 Å². The molecule has 0 aliphatic carbocycles. The zero-order valence-corrected chi connectivity index (χ0v) is 15.7. The summed E-state index contributed by atoms with van der Waals surface area (Å²) in [6, 6.07) is 3.18. The van der Waals surface area contributed by atoms with Gasteiger partial charge in [0.2, 0.25) is 5.91 Å². The van der Waals surface area contributed by atoms with Crippen LogP contribution in [0, 0.1) is 6.92 Å². The maximum Gasteiger partial charge on any atom is 0.430 e. The molecule has 0 atom stereocenters. The highest BCUT2D eigenvalue weighted by Crippen LogP contribution is 2.38. The van der Waals surface area contributed by atoms with Gasteiger partial charge < -0.3 is 29.4 Å². The number of amides is 1. The van der Waals surface area contributed by atoms with E-state index in [1.807, 2.05) is 0 Å². The maximum atomic E-state index is 12.3. The van der Waals surface area contributed by atoms with Gasteiger partial charge in [-0.25, -0.2) is 9.48 Å². The van der Waals surface area contributed by atoms with E-state index >= 15 is 0 Å². The van der Waals surface area contributed by atoms with Gasteiger partial charge in [-0.1, -0.05) is 17.6 Å². The van der Waals surface area contributed by atoms with Crippen LogP contribution in [0.3, 0.4) is 0 Å². The Bertz CT molecular complexity index is 971. The smallest absolute Gasteiger partial charge is 0.430 e. The Morgan fingerprint density at radius 2 is 2.10 bits per heavy atom. The molecule has 2 aromatic rings. The standard InChI is InChI=1S/C17H20BN4O7/c1-10-6-22(20-19-10)9-14(23)21-7-12(8-21)28-13-3-2-11-4-5-18(26,27)29-16(11)15(13)17(24)25/h2-3,6,12,26-27H,4-5,7-9H2,1H3,(H,24,25)/q-1. The summed E-state index contributed by atoms with van der Waals surface area (Å²) in [5.74, 6) is -1.46. The van der Waals surface area contributed by atoms with Crippen LogP contribution in [-0.2, 0) is 17.8 Å². The molecule has 29 heavy (non-hydrogen) atoms. The molecule has 1 amide bonds. The summed E-state index contributed by atoms with van der Waals surface area (Å²) in [6.07, 6.45) is 1.57. The number of likely N-dealkylation sites (tertiary alicyclic amines) is 1. The second-order valence-electron chi connectivity index (χ2n) is 7.34. The van der Waals surface area contributed by atoms with E-state index in [1.165, 1.54) is 10.7 Å². The van der Waals surface area contributed by atoms with Crippen LogP contribution < -0.4 is 9.39 Å². The molecule has 4 rings (SSSR count). The summed E-state index contributed by atoms with van der Waals surface area (Å²) in [5, 5.41) is 36.8. The first-order valence-electron chi connectivity index (χ1n) is 9.21. The van der Waals surface area contributed by atoms with E-state index in [2.05, 4.69) is 10.3 Å². The molecule has 0 unspecified atom stereocenters. The summed E-state index contributed by atoms with van der Waals surface area (Å²) < 4.78 is 12.4. The molecule has 12 heteroatoms. The number of aromatic nitrogens is 3. The fourth-order valence-corrected chi connectivity index (χ4v) is 3.44. The van der Waals surface area contributed by atoms with Crippen LogP contribution in [0.1, 0.15) is 21.6 Å². The van der Waals surface area contributed by atoms with E-state index in [0.29, 0.717) is 18.7 Å². The number of carbonyl (C=O) groups is 2. The molecule has 0 bridgehead atoms. The molecule has 0 saturated carbocycles. The second-order valence-corrected chi connectivity index (χ2v) is 7.34. The van der Waals surface area contributed by atoms with Crippen LogP contribution in [0.5, 0.6) is 11.5 Å². The molecule has 3 N–H and O–H groups in total. The van der Waals surface area contributed by atoms with Crippen molar-refractivity contribution < 1.29 is 34.1 Å². The van der Waals surface area contributed by atoms with Crippen molar-refractivity contribution in [3.05, 3.63) is 35.2 Å². The highest BCUT2D eigenvalue weighted by Gasteiger charge is 2.36. The monoisotopic (exact) mass is 403 g/mol. The summed E-state index contributed by atoms with van der Waals surface area (Å²) >= 11 is 0. The van der Waals surface area contributed by atoms with Crippen molar-refractivity contribution in [2.24, 2.45) is 0 Å². The van der Waals surface area contributed by atoms with Gasteiger partial charge in [0.15, 0.2) is 0 Å². The summed E-state index contributed by atoms with van der Waals surface area (Å²) in [7, 11) is 0. The van der Waals surface area contributed by atoms with Gasteiger partial charge in [-0.2, -0.15) is 0 Å². The van der Waals surface area contributed by atoms with E-state index < -0.39 is 12.7 Å². The van der Waals surface area contributed by atoms with Gasteiger partial charge in [-0.3, -0.25) is 4.79 Å². The lowest BCUT2D eigenvalue weighted by atomic mass is 9.70. The first kappa shape index (κ1) is 19.2. The highest BCUT2D eigenvalue weighted by molar-refractivity contribution is 6.59. The number of aryl methyl sites for hydroxylation is 2. The lowest BCUT2D eigenvalue weighted by Gasteiger charge is -2.40. The third kappa shape index (κ3) is 3.89. The molecular weight excluding hydrogens is 383 g/mol. The molecule has 1 saturated heterocycles. The van der Waals surface area contributed by atoms with E-state index in [1.54, 1.807) is 24.1 Å². The normalized spacial score (nSPS) is 17.8. The molecule has 154 valence electrons. The van der Waals surface area contributed by atoms with Gasteiger partial charge in [-0.15, -0.1) is 5.10 Å². The number of carboxylic acids is 1. The van der Waals surface area contributed by atoms with Gasteiger partial charge in [-0.05, 0) is 25.0 Å². The Labute approximate surface area is 165 Å². The third-order valence-corrected chi connectivity index (χ3v) is 4.96. The van der Waals surface area contributed by atoms with Crippen molar-refractivity contribution in [3.63, 3.8) is 0 Å². The third-order valence-electron chi connectivity index (χ3n) is 4.96. The second kappa shape index (κ2) is 7.05. The van der Waals surface area contributed by atoms with Crippen molar-refractivity contribution in [1.29, 1.82) is 0 Å². The number of aromatic carboxylic acids is 1. The quantitative estimate of drug-likeness (QED) is 0.559. The molecule has 0 spiro atoms. The average molecular weight is 403 g/mol. The number of nitrogens with zero attached hydrogens (tertiary/aromatic N) is 4. The Morgan fingerprint density at radius 1 is 1.34 bits per heavy atom. The number of ether oxygens (including phenoxy) is 1. The number of fused-ring (bicyclic) bond motifs is 1. The van der Waals surface area contributed by atoms with Crippen molar-refractivity contribution in [3.8, 4) is 11.5 Å². The Morgan fingerprint density at radius 3 is 2.76 bits per heavy atom. The van der Waals surface area contributed by atoms with Crippen molar-refractivity contribution in [2.45, 2.75) is 32.3 Å². The van der Waals surface area contributed by atoms with Gasteiger partial charge in [0.1, 0.15) is 24.0 Å². The van der Waals surface area contributed by atoms with Crippen LogP contribution in [0.2, 0.25) is 6.32 Å². The Balaban J connectivity index is 1.43. The minimum absolute atomic E-state index is 0.00272. The largest absolute Gasteiger partial charge is 0.669 e. The SMILES string of the molecule is Cc1cn(CC(=O)N2CC(Oc3ccc4c(c3C(=O)O)O[B-](O)(O)CC4)C2)nn1. The maximum absolute atomic E-state index is 12.3. The van der Waals surface area contributed by atoms with Crippen LogP contribution in [-0.4, -0.2) is 72.9 Å². The molecule has 3 heterocycles. The van der Waals surface area contributed by atoms with E-state index in [4.69, 9.17) is 9.39 Å². The highest BCUT2D eigenvalue weighted by atomic mass is 16.6.